The molecule has 0 bridgehead atoms. The summed E-state index contributed by atoms with van der Waals surface area (Å²) in [5.74, 6) is 1.96. The summed E-state index contributed by atoms with van der Waals surface area (Å²) in [6.07, 6.45) is 13.9. The molecule has 0 aliphatic heterocycles. The van der Waals surface area contributed by atoms with Crippen molar-refractivity contribution >= 4 is 17.6 Å². The number of hydrogen-bond acceptors (Lipinski definition) is 4. The van der Waals surface area contributed by atoms with Crippen molar-refractivity contribution < 1.29 is 0 Å². The number of nitrogens with one attached hydrogen (secondary N) is 1. The highest BCUT2D eigenvalue weighted by atomic mass is 15.1. The van der Waals surface area contributed by atoms with E-state index in [1.54, 1.807) is 0 Å². The number of rotatable bonds is 4. The number of nitrogens with zero attached hydrogens (tertiary/aromatic N) is 3. The molecule has 1 fully saturated rings. The van der Waals surface area contributed by atoms with Gasteiger partial charge in [0.25, 0.3) is 0 Å². The van der Waals surface area contributed by atoms with Gasteiger partial charge in [0, 0.05) is 42.5 Å². The topological polar surface area (TPSA) is 50.7 Å². The van der Waals surface area contributed by atoms with Gasteiger partial charge in [0.15, 0.2) is 0 Å². The zero-order chi connectivity index (χ0) is 17.0. The van der Waals surface area contributed by atoms with Gasteiger partial charge in [0.05, 0.1) is 5.69 Å². The first-order valence-corrected chi connectivity index (χ1v) is 9.19. The lowest BCUT2D eigenvalue weighted by Gasteiger charge is -2.15. The van der Waals surface area contributed by atoms with Crippen molar-refractivity contribution in [3.05, 3.63) is 58.7 Å². The van der Waals surface area contributed by atoms with E-state index in [0.717, 1.165) is 24.0 Å². The van der Waals surface area contributed by atoms with Crippen molar-refractivity contribution in [3.8, 4) is 0 Å². The molecule has 1 saturated carbocycles. The van der Waals surface area contributed by atoms with Gasteiger partial charge < -0.3 is 5.32 Å². The molecule has 2 atom stereocenters. The molecule has 0 saturated heterocycles. The Morgan fingerprint density at radius 1 is 1.24 bits per heavy atom. The van der Waals surface area contributed by atoms with E-state index in [0.29, 0.717) is 12.0 Å². The van der Waals surface area contributed by atoms with Gasteiger partial charge in [-0.3, -0.25) is 4.98 Å². The van der Waals surface area contributed by atoms with Crippen LogP contribution in [-0.2, 0) is 6.42 Å². The van der Waals surface area contributed by atoms with E-state index < -0.39 is 0 Å². The molecule has 2 aromatic rings. The number of fused-ring (bicyclic) bond motifs is 2. The fourth-order valence-corrected chi connectivity index (χ4v) is 4.07. The van der Waals surface area contributed by atoms with Crippen LogP contribution in [0.2, 0.25) is 0 Å². The third-order valence-corrected chi connectivity index (χ3v) is 5.79. The number of allylic oxidation sites excluding steroid dienone is 3. The maximum absolute atomic E-state index is 4.79. The van der Waals surface area contributed by atoms with Crippen LogP contribution in [0.4, 0.5) is 5.95 Å². The zero-order valence-corrected chi connectivity index (χ0v) is 14.7. The van der Waals surface area contributed by atoms with E-state index in [1.807, 2.05) is 18.6 Å². The molecule has 25 heavy (non-hydrogen) atoms. The van der Waals surface area contributed by atoms with Gasteiger partial charge in [-0.1, -0.05) is 13.0 Å². The molecule has 0 amide bonds. The van der Waals surface area contributed by atoms with Crippen molar-refractivity contribution in [3.63, 3.8) is 0 Å². The van der Waals surface area contributed by atoms with Crippen LogP contribution in [0.25, 0.3) is 11.6 Å². The lowest BCUT2D eigenvalue weighted by Crippen LogP contribution is -2.19. The number of aromatic nitrogens is 3. The Morgan fingerprint density at radius 2 is 2.12 bits per heavy atom. The molecule has 3 aliphatic rings. The first-order chi connectivity index (χ1) is 12.2. The van der Waals surface area contributed by atoms with Crippen LogP contribution in [0.5, 0.6) is 0 Å². The maximum atomic E-state index is 4.79. The van der Waals surface area contributed by atoms with Crippen LogP contribution in [0, 0.1) is 5.92 Å². The van der Waals surface area contributed by atoms with Gasteiger partial charge in [-0.15, -0.1) is 0 Å². The highest BCUT2D eigenvalue weighted by Gasteiger charge is 2.30. The fourth-order valence-electron chi connectivity index (χ4n) is 4.07. The molecule has 2 heterocycles. The largest absolute Gasteiger partial charge is 0.351 e. The van der Waals surface area contributed by atoms with E-state index in [9.17, 15) is 0 Å². The Kier molecular flexibility index (Phi) is 3.27. The minimum Gasteiger partial charge on any atom is -0.351 e. The van der Waals surface area contributed by atoms with E-state index in [2.05, 4.69) is 47.4 Å². The van der Waals surface area contributed by atoms with Crippen LogP contribution in [0.3, 0.4) is 0 Å². The smallest absolute Gasteiger partial charge is 0.223 e. The Hall–Kier alpha value is -2.49. The SMILES string of the molecule is CC1C(C2=CCc3nc(N[C@H](C)C4CC4)ncc32)=Cc2cnccc21. The summed E-state index contributed by atoms with van der Waals surface area (Å²) in [5.41, 5.74) is 7.56. The maximum Gasteiger partial charge on any atom is 0.223 e. The van der Waals surface area contributed by atoms with Crippen molar-refractivity contribution in [1.29, 1.82) is 0 Å². The summed E-state index contributed by atoms with van der Waals surface area (Å²) in [4.78, 5) is 13.6. The molecule has 2 aromatic heterocycles. The second-order valence-electron chi connectivity index (χ2n) is 7.47. The average molecular weight is 330 g/mol. The van der Waals surface area contributed by atoms with Gasteiger partial charge in [0.2, 0.25) is 5.95 Å². The lowest BCUT2D eigenvalue weighted by molar-refractivity contribution is 0.685. The summed E-state index contributed by atoms with van der Waals surface area (Å²) >= 11 is 0. The summed E-state index contributed by atoms with van der Waals surface area (Å²) in [6.45, 7) is 4.50. The van der Waals surface area contributed by atoms with Crippen molar-refractivity contribution in [2.45, 2.75) is 45.1 Å². The van der Waals surface area contributed by atoms with Crippen LogP contribution in [0.15, 0.2) is 36.3 Å². The normalized spacial score (nSPS) is 22.1. The second-order valence-corrected chi connectivity index (χ2v) is 7.47. The van der Waals surface area contributed by atoms with Crippen molar-refractivity contribution in [2.75, 3.05) is 5.32 Å². The van der Waals surface area contributed by atoms with E-state index >= 15 is 0 Å². The highest BCUT2D eigenvalue weighted by molar-refractivity contribution is 5.91. The van der Waals surface area contributed by atoms with Crippen LogP contribution in [0.1, 0.15) is 55.0 Å². The molecule has 1 N–H and O–H groups in total. The highest BCUT2D eigenvalue weighted by Crippen LogP contribution is 2.45. The standard InChI is InChI=1S/C21H22N4/c1-12-16-7-8-22-10-15(16)9-18(12)17-5-6-20-19(17)11-23-21(25-20)24-13(2)14-3-4-14/h5,7-14H,3-4,6H2,1-2H3,(H,23,24,25)/t12?,13-/m1/s1. The zero-order valence-electron chi connectivity index (χ0n) is 14.7. The molecule has 3 aliphatic carbocycles. The summed E-state index contributed by atoms with van der Waals surface area (Å²) in [6, 6.07) is 2.59. The average Bonchev–Trinajstić information content (AvgIpc) is 3.32. The molecule has 126 valence electrons. The number of anilines is 1. The van der Waals surface area contributed by atoms with Gasteiger partial charge in [-0.25, -0.2) is 9.97 Å². The van der Waals surface area contributed by atoms with Gasteiger partial charge in [0.1, 0.15) is 0 Å². The third kappa shape index (κ3) is 2.48. The Balaban J connectivity index is 1.42. The summed E-state index contributed by atoms with van der Waals surface area (Å²) in [7, 11) is 0. The monoisotopic (exact) mass is 330 g/mol. The van der Waals surface area contributed by atoms with E-state index in [1.165, 1.54) is 40.7 Å². The first kappa shape index (κ1) is 14.8. The minimum atomic E-state index is 0.392. The quantitative estimate of drug-likeness (QED) is 0.912. The molecule has 5 rings (SSSR count). The Bertz CT molecular complexity index is 908. The Morgan fingerprint density at radius 3 is 2.92 bits per heavy atom. The van der Waals surface area contributed by atoms with Gasteiger partial charge >= 0.3 is 0 Å². The second kappa shape index (κ2) is 5.51. The van der Waals surface area contributed by atoms with E-state index in [-0.39, 0.29) is 0 Å². The number of hydrogen-bond donors (Lipinski definition) is 1. The fraction of sp³-hybridized carbons (Fsp3) is 0.381. The van der Waals surface area contributed by atoms with Crippen LogP contribution < -0.4 is 5.32 Å². The molecular formula is C21H22N4. The summed E-state index contributed by atoms with van der Waals surface area (Å²) in [5, 5.41) is 3.47. The molecule has 4 nitrogen and oxygen atoms in total. The molecule has 0 radical (unpaired) electrons. The van der Waals surface area contributed by atoms with E-state index in [4.69, 9.17) is 4.98 Å². The predicted octanol–water partition coefficient (Wildman–Crippen LogP) is 4.22. The minimum absolute atomic E-state index is 0.392. The predicted molar refractivity (Wildman–Crippen MR) is 100 cm³/mol. The van der Waals surface area contributed by atoms with Crippen LogP contribution >= 0.6 is 0 Å². The molecular weight excluding hydrogens is 308 g/mol. The molecule has 0 aromatic carbocycles. The van der Waals surface area contributed by atoms with Crippen molar-refractivity contribution in [1.82, 2.24) is 15.0 Å². The number of pyridine rings is 1. The van der Waals surface area contributed by atoms with Crippen molar-refractivity contribution in [2.24, 2.45) is 5.92 Å². The van der Waals surface area contributed by atoms with Crippen LogP contribution in [-0.4, -0.2) is 21.0 Å². The summed E-state index contributed by atoms with van der Waals surface area (Å²) < 4.78 is 0. The molecule has 1 unspecified atom stereocenters. The lowest BCUT2D eigenvalue weighted by atomic mass is 9.91. The van der Waals surface area contributed by atoms with Gasteiger partial charge in [-0.2, -0.15) is 0 Å². The molecule has 4 heteroatoms. The first-order valence-electron chi connectivity index (χ1n) is 9.19. The third-order valence-electron chi connectivity index (χ3n) is 5.79. The Labute approximate surface area is 148 Å². The van der Waals surface area contributed by atoms with Gasteiger partial charge in [-0.05, 0) is 60.1 Å². The molecule has 0 spiro atoms.